The number of aryl methyl sites for hydroxylation is 1. The highest BCUT2D eigenvalue weighted by Crippen LogP contribution is 2.22. The summed E-state index contributed by atoms with van der Waals surface area (Å²) in [5, 5.41) is 3.44. The summed E-state index contributed by atoms with van der Waals surface area (Å²) in [5.41, 5.74) is 2.10. The Kier molecular flexibility index (Phi) is 3.29. The zero-order valence-corrected chi connectivity index (χ0v) is 11.3. The predicted molar refractivity (Wildman–Crippen MR) is 73.8 cm³/mol. The van der Waals surface area contributed by atoms with E-state index in [4.69, 9.17) is 11.6 Å². The van der Waals surface area contributed by atoms with Crippen molar-refractivity contribution in [3.8, 4) is 0 Å². The standard InChI is InChI=1S/C13H18ClN3/c1-13(2,8-9-14)16-12-15-10-6-4-5-7-11(10)17(12)3/h4-7H,8-9H2,1-3H3,(H,15,16). The van der Waals surface area contributed by atoms with Gasteiger partial charge in [-0.15, -0.1) is 11.6 Å². The summed E-state index contributed by atoms with van der Waals surface area (Å²) in [5.74, 6) is 1.53. The van der Waals surface area contributed by atoms with Crippen molar-refractivity contribution in [1.82, 2.24) is 9.55 Å². The molecule has 0 aliphatic carbocycles. The highest BCUT2D eigenvalue weighted by molar-refractivity contribution is 6.17. The molecule has 0 fully saturated rings. The predicted octanol–water partition coefficient (Wildman–Crippen LogP) is 3.39. The van der Waals surface area contributed by atoms with Crippen molar-refractivity contribution in [2.24, 2.45) is 7.05 Å². The molecule has 0 atom stereocenters. The van der Waals surface area contributed by atoms with Crippen molar-refractivity contribution in [2.75, 3.05) is 11.2 Å². The number of benzene rings is 1. The van der Waals surface area contributed by atoms with Gasteiger partial charge in [0, 0.05) is 18.5 Å². The van der Waals surface area contributed by atoms with E-state index >= 15 is 0 Å². The Morgan fingerprint density at radius 1 is 1.35 bits per heavy atom. The molecule has 0 unspecified atom stereocenters. The van der Waals surface area contributed by atoms with E-state index < -0.39 is 0 Å². The van der Waals surface area contributed by atoms with E-state index in [1.165, 1.54) is 0 Å². The van der Waals surface area contributed by atoms with Crippen molar-refractivity contribution in [3.63, 3.8) is 0 Å². The lowest BCUT2D eigenvalue weighted by Crippen LogP contribution is -2.32. The molecule has 0 spiro atoms. The molecule has 0 amide bonds. The van der Waals surface area contributed by atoms with E-state index in [0.29, 0.717) is 5.88 Å². The van der Waals surface area contributed by atoms with Gasteiger partial charge in [0.2, 0.25) is 5.95 Å². The second-order valence-corrected chi connectivity index (χ2v) is 5.31. The van der Waals surface area contributed by atoms with Crippen LogP contribution in [0.1, 0.15) is 20.3 Å². The van der Waals surface area contributed by atoms with Crippen LogP contribution in [0.4, 0.5) is 5.95 Å². The Labute approximate surface area is 107 Å². The van der Waals surface area contributed by atoms with Gasteiger partial charge in [0.15, 0.2) is 0 Å². The maximum Gasteiger partial charge on any atom is 0.204 e. The van der Waals surface area contributed by atoms with E-state index in [1.54, 1.807) is 0 Å². The molecule has 2 rings (SSSR count). The molecule has 1 aromatic heterocycles. The largest absolute Gasteiger partial charge is 0.351 e. The van der Waals surface area contributed by atoms with E-state index in [2.05, 4.69) is 34.8 Å². The zero-order valence-electron chi connectivity index (χ0n) is 10.5. The van der Waals surface area contributed by atoms with Crippen LogP contribution in [-0.4, -0.2) is 21.0 Å². The molecule has 0 saturated carbocycles. The summed E-state index contributed by atoms with van der Waals surface area (Å²) >= 11 is 5.80. The second-order valence-electron chi connectivity index (χ2n) is 4.93. The van der Waals surface area contributed by atoms with Gasteiger partial charge in [-0.3, -0.25) is 0 Å². The zero-order chi connectivity index (χ0) is 12.5. The van der Waals surface area contributed by atoms with Crippen molar-refractivity contribution in [1.29, 1.82) is 0 Å². The molecule has 2 aromatic rings. The molecule has 0 radical (unpaired) electrons. The smallest absolute Gasteiger partial charge is 0.204 e. The molecular formula is C13H18ClN3. The van der Waals surface area contributed by atoms with Gasteiger partial charge in [0.1, 0.15) is 0 Å². The maximum atomic E-state index is 5.80. The number of para-hydroxylation sites is 2. The Morgan fingerprint density at radius 3 is 2.71 bits per heavy atom. The lowest BCUT2D eigenvalue weighted by Gasteiger charge is -2.25. The van der Waals surface area contributed by atoms with Crippen LogP contribution in [0.3, 0.4) is 0 Å². The van der Waals surface area contributed by atoms with Crippen LogP contribution < -0.4 is 5.32 Å². The molecular weight excluding hydrogens is 234 g/mol. The number of hydrogen-bond acceptors (Lipinski definition) is 2. The highest BCUT2D eigenvalue weighted by Gasteiger charge is 2.19. The first kappa shape index (κ1) is 12.2. The van der Waals surface area contributed by atoms with Gasteiger partial charge >= 0.3 is 0 Å². The average molecular weight is 252 g/mol. The van der Waals surface area contributed by atoms with Gasteiger partial charge in [0.25, 0.3) is 0 Å². The van der Waals surface area contributed by atoms with Crippen LogP contribution in [0.2, 0.25) is 0 Å². The monoisotopic (exact) mass is 251 g/mol. The van der Waals surface area contributed by atoms with Crippen LogP contribution in [0.25, 0.3) is 11.0 Å². The fourth-order valence-electron chi connectivity index (χ4n) is 1.86. The molecule has 0 aliphatic heterocycles. The molecule has 17 heavy (non-hydrogen) atoms. The van der Waals surface area contributed by atoms with Gasteiger partial charge in [-0.05, 0) is 32.4 Å². The van der Waals surface area contributed by atoms with Crippen LogP contribution in [-0.2, 0) is 7.05 Å². The number of halogens is 1. The second kappa shape index (κ2) is 4.57. The topological polar surface area (TPSA) is 29.9 Å². The number of alkyl halides is 1. The number of rotatable bonds is 4. The summed E-state index contributed by atoms with van der Waals surface area (Å²) in [6.07, 6.45) is 0.901. The Hall–Kier alpha value is -1.22. The van der Waals surface area contributed by atoms with Gasteiger partial charge in [-0.25, -0.2) is 4.98 Å². The summed E-state index contributed by atoms with van der Waals surface area (Å²) in [7, 11) is 2.02. The van der Waals surface area contributed by atoms with E-state index in [-0.39, 0.29) is 5.54 Å². The van der Waals surface area contributed by atoms with E-state index in [9.17, 15) is 0 Å². The van der Waals surface area contributed by atoms with E-state index in [0.717, 1.165) is 23.4 Å². The Balaban J connectivity index is 2.33. The number of hydrogen-bond donors (Lipinski definition) is 1. The molecule has 0 saturated heterocycles. The molecule has 3 nitrogen and oxygen atoms in total. The highest BCUT2D eigenvalue weighted by atomic mass is 35.5. The average Bonchev–Trinajstić information content (AvgIpc) is 2.56. The minimum Gasteiger partial charge on any atom is -0.351 e. The summed E-state index contributed by atoms with van der Waals surface area (Å²) in [4.78, 5) is 4.59. The summed E-state index contributed by atoms with van der Waals surface area (Å²) in [6.45, 7) is 4.27. The molecule has 4 heteroatoms. The number of fused-ring (bicyclic) bond motifs is 1. The molecule has 1 aromatic carbocycles. The first-order valence-corrected chi connectivity index (χ1v) is 6.32. The van der Waals surface area contributed by atoms with Gasteiger partial charge < -0.3 is 9.88 Å². The van der Waals surface area contributed by atoms with Crippen LogP contribution >= 0.6 is 11.6 Å². The molecule has 1 heterocycles. The van der Waals surface area contributed by atoms with Crippen molar-refractivity contribution >= 4 is 28.6 Å². The number of imidazole rings is 1. The first-order valence-electron chi connectivity index (χ1n) is 5.79. The van der Waals surface area contributed by atoms with Crippen LogP contribution in [0.15, 0.2) is 24.3 Å². The van der Waals surface area contributed by atoms with E-state index in [1.807, 2.05) is 25.2 Å². The third-order valence-electron chi connectivity index (χ3n) is 2.96. The van der Waals surface area contributed by atoms with Gasteiger partial charge in [-0.2, -0.15) is 0 Å². The quantitative estimate of drug-likeness (QED) is 0.845. The third kappa shape index (κ3) is 2.55. The number of nitrogens with one attached hydrogen (secondary N) is 1. The van der Waals surface area contributed by atoms with Gasteiger partial charge in [0.05, 0.1) is 11.0 Å². The Morgan fingerprint density at radius 2 is 2.06 bits per heavy atom. The molecule has 92 valence electrons. The minimum absolute atomic E-state index is 0.0448. The fourth-order valence-corrected chi connectivity index (χ4v) is 2.33. The summed E-state index contributed by atoms with van der Waals surface area (Å²) in [6, 6.07) is 8.12. The number of aromatic nitrogens is 2. The third-order valence-corrected chi connectivity index (χ3v) is 3.15. The lowest BCUT2D eigenvalue weighted by molar-refractivity contribution is 0.542. The molecule has 1 N–H and O–H groups in total. The van der Waals surface area contributed by atoms with Crippen LogP contribution in [0, 0.1) is 0 Å². The normalized spacial score (nSPS) is 12.0. The molecule has 0 aliphatic rings. The Bertz CT molecular complexity index is 516. The number of anilines is 1. The lowest BCUT2D eigenvalue weighted by atomic mass is 10.0. The van der Waals surface area contributed by atoms with Crippen molar-refractivity contribution in [2.45, 2.75) is 25.8 Å². The number of nitrogens with zero attached hydrogens (tertiary/aromatic N) is 2. The van der Waals surface area contributed by atoms with Crippen molar-refractivity contribution in [3.05, 3.63) is 24.3 Å². The minimum atomic E-state index is -0.0448. The van der Waals surface area contributed by atoms with Crippen molar-refractivity contribution < 1.29 is 0 Å². The maximum absolute atomic E-state index is 5.80. The fraction of sp³-hybridized carbons (Fsp3) is 0.462. The first-order chi connectivity index (χ1) is 8.03. The van der Waals surface area contributed by atoms with Crippen LogP contribution in [0.5, 0.6) is 0 Å². The SMILES string of the molecule is Cn1c(NC(C)(C)CCCl)nc2ccccc21. The summed E-state index contributed by atoms with van der Waals surface area (Å²) < 4.78 is 2.07. The molecule has 0 bridgehead atoms. The van der Waals surface area contributed by atoms with Gasteiger partial charge in [-0.1, -0.05) is 12.1 Å².